The van der Waals surface area contributed by atoms with Crippen LogP contribution in [0.2, 0.25) is 0 Å². The molecule has 0 spiro atoms. The molecule has 3 heterocycles. The van der Waals surface area contributed by atoms with E-state index < -0.39 is 21.7 Å². The zero-order valence-electron chi connectivity index (χ0n) is 14.7. The maximum atomic E-state index is 12.2. The number of sulfone groups is 1. The number of benzene rings is 1. The fraction of sp³-hybridized carbons (Fsp3) is 0.471. The Morgan fingerprint density at radius 3 is 2.79 bits per heavy atom. The van der Waals surface area contributed by atoms with Crippen LogP contribution >= 0.6 is 11.8 Å². The fourth-order valence-electron chi connectivity index (χ4n) is 3.45. The van der Waals surface area contributed by atoms with Gasteiger partial charge < -0.3 is 19.5 Å². The molecule has 4 rings (SSSR count). The topological polar surface area (TPSA) is 123 Å². The number of carboxylic acids is 1. The van der Waals surface area contributed by atoms with E-state index in [1.165, 1.54) is 11.8 Å². The first-order valence-electron chi connectivity index (χ1n) is 8.72. The molecular weight excluding hydrogens is 408 g/mol. The van der Waals surface area contributed by atoms with Crippen LogP contribution in [0.4, 0.5) is 5.69 Å². The van der Waals surface area contributed by atoms with E-state index in [1.54, 1.807) is 23.1 Å². The third kappa shape index (κ3) is 3.81. The van der Waals surface area contributed by atoms with Gasteiger partial charge in [-0.1, -0.05) is 11.8 Å². The number of rotatable bonds is 5. The number of fused-ring (bicyclic) bond motifs is 2. The van der Waals surface area contributed by atoms with Gasteiger partial charge in [0.05, 0.1) is 17.5 Å². The summed E-state index contributed by atoms with van der Waals surface area (Å²) in [6, 6.07) is 4.96. The minimum atomic E-state index is -3.16. The Hall–Kier alpha value is -2.27. The van der Waals surface area contributed by atoms with E-state index in [0.717, 1.165) is 0 Å². The standard InChI is InChI=1S/C17H18N2O7S2/c20-15(2-1-3-16(21)22)18-17-19(11-7-28(23,24)8-14(11)27-17)10-4-5-12-13(6-10)26-9-25-12/h4-6,11,14H,1-3,7-9H2,(H,21,22)/t11-,14-/m1/s1. The molecule has 1 amide bonds. The minimum absolute atomic E-state index is 0.00860. The second-order valence-corrected chi connectivity index (χ2v) is 10.1. The van der Waals surface area contributed by atoms with Gasteiger partial charge in [-0.2, -0.15) is 4.99 Å². The highest BCUT2D eigenvalue weighted by molar-refractivity contribution is 8.16. The van der Waals surface area contributed by atoms with Gasteiger partial charge in [-0.05, 0) is 18.6 Å². The second kappa shape index (κ2) is 7.28. The number of hydrogen-bond donors (Lipinski definition) is 1. The number of carbonyl (C=O) groups is 2. The number of anilines is 1. The lowest BCUT2D eigenvalue weighted by Crippen LogP contribution is -2.37. The van der Waals surface area contributed by atoms with Crippen molar-refractivity contribution in [3.63, 3.8) is 0 Å². The predicted molar refractivity (Wildman–Crippen MR) is 103 cm³/mol. The molecule has 0 aromatic heterocycles. The maximum absolute atomic E-state index is 12.2. The summed E-state index contributed by atoms with van der Waals surface area (Å²) in [5.41, 5.74) is 0.679. The highest BCUT2D eigenvalue weighted by atomic mass is 32.2. The van der Waals surface area contributed by atoms with Gasteiger partial charge in [0, 0.05) is 29.8 Å². The Balaban J connectivity index is 1.61. The van der Waals surface area contributed by atoms with Crippen LogP contribution in [-0.4, -0.2) is 60.2 Å². The van der Waals surface area contributed by atoms with Crippen LogP contribution in [0.1, 0.15) is 19.3 Å². The summed E-state index contributed by atoms with van der Waals surface area (Å²) < 4.78 is 34.9. The molecule has 1 N–H and O–H groups in total. The smallest absolute Gasteiger partial charge is 0.303 e. The van der Waals surface area contributed by atoms with Gasteiger partial charge in [0.15, 0.2) is 26.5 Å². The van der Waals surface area contributed by atoms with Crippen molar-refractivity contribution in [1.82, 2.24) is 0 Å². The number of aliphatic carboxylic acids is 1. The molecule has 0 aliphatic carbocycles. The van der Waals surface area contributed by atoms with Crippen LogP contribution in [0.15, 0.2) is 23.2 Å². The molecule has 1 aromatic carbocycles. The van der Waals surface area contributed by atoms with Crippen LogP contribution in [0, 0.1) is 0 Å². The number of amides is 1. The Morgan fingerprint density at radius 1 is 1.21 bits per heavy atom. The number of carboxylic acid groups (broad SMARTS) is 1. The molecule has 0 bridgehead atoms. The predicted octanol–water partition coefficient (Wildman–Crippen LogP) is 1.27. The van der Waals surface area contributed by atoms with Gasteiger partial charge in [0.1, 0.15) is 0 Å². The molecule has 0 saturated carbocycles. The summed E-state index contributed by atoms with van der Waals surface area (Å²) in [6.07, 6.45) is 0.138. The largest absolute Gasteiger partial charge is 0.481 e. The first-order chi connectivity index (χ1) is 13.3. The molecular formula is C17H18N2O7S2. The Morgan fingerprint density at radius 2 is 2.00 bits per heavy atom. The van der Waals surface area contributed by atoms with Gasteiger partial charge in [0.25, 0.3) is 0 Å². The Labute approximate surface area is 165 Å². The van der Waals surface area contributed by atoms with Crippen LogP contribution in [-0.2, 0) is 19.4 Å². The van der Waals surface area contributed by atoms with Crippen molar-refractivity contribution in [2.45, 2.75) is 30.6 Å². The second-order valence-electron chi connectivity index (χ2n) is 6.74. The lowest BCUT2D eigenvalue weighted by atomic mass is 10.2. The van der Waals surface area contributed by atoms with Crippen LogP contribution in [0.5, 0.6) is 11.5 Å². The summed E-state index contributed by atoms with van der Waals surface area (Å²) in [6.45, 7) is 0.122. The maximum Gasteiger partial charge on any atom is 0.303 e. The first-order valence-corrected chi connectivity index (χ1v) is 11.4. The minimum Gasteiger partial charge on any atom is -0.481 e. The third-order valence-corrected chi connectivity index (χ3v) is 7.91. The molecule has 0 unspecified atom stereocenters. The molecule has 1 aromatic rings. The normalized spacial score (nSPS) is 25.9. The van der Waals surface area contributed by atoms with E-state index in [1.807, 2.05) is 0 Å². The van der Waals surface area contributed by atoms with Crippen molar-refractivity contribution in [2.24, 2.45) is 4.99 Å². The first kappa shape index (κ1) is 19.1. The van der Waals surface area contributed by atoms with E-state index in [-0.39, 0.29) is 48.9 Å². The summed E-state index contributed by atoms with van der Waals surface area (Å²) >= 11 is 1.28. The van der Waals surface area contributed by atoms with E-state index in [2.05, 4.69) is 4.99 Å². The van der Waals surface area contributed by atoms with Gasteiger partial charge in [-0.3, -0.25) is 9.59 Å². The Kier molecular flexibility index (Phi) is 4.96. The molecule has 0 radical (unpaired) electrons. The number of amidine groups is 1. The Bertz CT molecular complexity index is 960. The average Bonchev–Trinajstić information content (AvgIpc) is 3.25. The average molecular weight is 426 g/mol. The van der Waals surface area contributed by atoms with Crippen LogP contribution in [0.3, 0.4) is 0 Å². The highest BCUT2D eigenvalue weighted by Gasteiger charge is 2.49. The summed E-state index contributed by atoms with van der Waals surface area (Å²) in [5, 5.41) is 8.92. The molecule has 9 nitrogen and oxygen atoms in total. The SMILES string of the molecule is O=C(O)CCCC(=O)N=C1S[C@@H]2CS(=O)(=O)C[C@H]2N1c1ccc2c(c1)OCO2. The molecule has 3 aliphatic heterocycles. The lowest BCUT2D eigenvalue weighted by molar-refractivity contribution is -0.137. The van der Waals surface area contributed by atoms with Gasteiger partial charge in [-0.25, -0.2) is 8.42 Å². The molecule has 2 fully saturated rings. The molecule has 150 valence electrons. The van der Waals surface area contributed by atoms with E-state index in [4.69, 9.17) is 14.6 Å². The van der Waals surface area contributed by atoms with Crippen LogP contribution in [0.25, 0.3) is 0 Å². The quantitative estimate of drug-likeness (QED) is 0.741. The number of thioether (sulfide) groups is 1. The number of nitrogens with zero attached hydrogens (tertiary/aromatic N) is 2. The van der Waals surface area contributed by atoms with E-state index >= 15 is 0 Å². The van der Waals surface area contributed by atoms with Gasteiger partial charge >= 0.3 is 5.97 Å². The molecule has 11 heteroatoms. The zero-order chi connectivity index (χ0) is 19.9. The van der Waals surface area contributed by atoms with Gasteiger partial charge in [0.2, 0.25) is 12.7 Å². The van der Waals surface area contributed by atoms with Gasteiger partial charge in [-0.15, -0.1) is 0 Å². The summed E-state index contributed by atoms with van der Waals surface area (Å²) in [4.78, 5) is 28.8. The highest BCUT2D eigenvalue weighted by Crippen LogP contribution is 2.43. The molecule has 2 saturated heterocycles. The lowest BCUT2D eigenvalue weighted by Gasteiger charge is -2.24. The van der Waals surface area contributed by atoms with Crippen molar-refractivity contribution < 1.29 is 32.6 Å². The van der Waals surface area contributed by atoms with Crippen molar-refractivity contribution in [3.05, 3.63) is 18.2 Å². The summed E-state index contributed by atoms with van der Waals surface area (Å²) in [5.74, 6) is -0.191. The number of hydrogen-bond acceptors (Lipinski definition) is 7. The number of carbonyl (C=O) groups excluding carboxylic acids is 1. The van der Waals surface area contributed by atoms with Crippen molar-refractivity contribution in [3.8, 4) is 11.5 Å². The zero-order valence-corrected chi connectivity index (χ0v) is 16.4. The van der Waals surface area contributed by atoms with Crippen molar-refractivity contribution in [2.75, 3.05) is 23.2 Å². The molecule has 28 heavy (non-hydrogen) atoms. The number of aliphatic imine (C=N–C) groups is 1. The van der Waals surface area contributed by atoms with Crippen molar-refractivity contribution in [1.29, 1.82) is 0 Å². The fourth-order valence-corrected chi connectivity index (χ4v) is 7.39. The van der Waals surface area contributed by atoms with E-state index in [0.29, 0.717) is 22.4 Å². The number of ether oxygens (including phenoxy) is 2. The third-order valence-electron chi connectivity index (χ3n) is 4.70. The molecule has 2 atom stereocenters. The van der Waals surface area contributed by atoms with Crippen LogP contribution < -0.4 is 14.4 Å². The van der Waals surface area contributed by atoms with Crippen molar-refractivity contribution >= 4 is 44.3 Å². The summed E-state index contributed by atoms with van der Waals surface area (Å²) in [7, 11) is -3.16. The molecule has 3 aliphatic rings. The monoisotopic (exact) mass is 426 g/mol. The van der Waals surface area contributed by atoms with E-state index in [9.17, 15) is 18.0 Å².